The number of primary amides is 1. The second kappa shape index (κ2) is 16.4. The average Bonchev–Trinajstić information content (AvgIpc) is 3.81. The zero-order valence-corrected chi connectivity index (χ0v) is 30.2. The molecule has 2 aromatic carbocycles. The number of rotatable bonds is 7. The molecule has 0 fully saturated rings. The molecule has 2 amide bonds. The molecule has 0 saturated carbocycles. The van der Waals surface area contributed by atoms with E-state index in [0.717, 1.165) is 0 Å². The molecule has 0 bridgehead atoms. The minimum Gasteiger partial charge on any atom is -0.350 e. The van der Waals surface area contributed by atoms with E-state index in [1.54, 1.807) is 37.3 Å². The number of amides is 2. The minimum atomic E-state index is -0.813. The van der Waals surface area contributed by atoms with Crippen molar-refractivity contribution in [2.45, 2.75) is 40.5 Å². The summed E-state index contributed by atoms with van der Waals surface area (Å²) in [4.78, 5) is 30.2. The molecule has 8 aromatic rings. The van der Waals surface area contributed by atoms with Gasteiger partial charge in [-0.3, -0.25) is 14.8 Å². The fourth-order valence-corrected chi connectivity index (χ4v) is 5.49. The maximum atomic E-state index is 14.9. The van der Waals surface area contributed by atoms with Gasteiger partial charge in [0.2, 0.25) is 0 Å². The lowest BCUT2D eigenvalue weighted by molar-refractivity contribution is 0.101. The maximum absolute atomic E-state index is 14.9. The van der Waals surface area contributed by atoms with Gasteiger partial charge in [-0.1, -0.05) is 13.8 Å². The van der Waals surface area contributed by atoms with E-state index >= 15 is 0 Å². The van der Waals surface area contributed by atoms with E-state index in [-0.39, 0.29) is 68.9 Å². The highest BCUT2D eigenvalue weighted by atomic mass is 19.1. The molecular formula is C37H31F4N13O2. The summed E-state index contributed by atoms with van der Waals surface area (Å²) in [5.74, 6) is -2.60. The highest BCUT2D eigenvalue weighted by Gasteiger charge is 2.20. The molecule has 3 N–H and O–H groups in total. The van der Waals surface area contributed by atoms with E-state index in [1.165, 1.54) is 58.7 Å². The van der Waals surface area contributed by atoms with Gasteiger partial charge >= 0.3 is 6.03 Å². The number of carbonyl (C=O) groups is 2. The summed E-state index contributed by atoms with van der Waals surface area (Å²) in [7, 11) is 0. The van der Waals surface area contributed by atoms with Crippen LogP contribution < -0.4 is 11.2 Å². The van der Waals surface area contributed by atoms with Gasteiger partial charge in [0.25, 0.3) is 0 Å². The van der Waals surface area contributed by atoms with Crippen LogP contribution in [0.4, 0.5) is 22.4 Å². The number of carbonyl (C=O) groups excluding carboxylic acids is 2. The molecule has 0 saturated heterocycles. The Bertz CT molecular complexity index is 2800. The zero-order chi connectivity index (χ0) is 40.1. The normalized spacial score (nSPS) is 11.3. The second-order valence-corrected chi connectivity index (χ2v) is 11.7. The Morgan fingerprint density at radius 1 is 0.696 bits per heavy atom. The molecule has 6 aromatic heterocycles. The number of fused-ring (bicyclic) bond motifs is 4. The van der Waals surface area contributed by atoms with Crippen LogP contribution in [-0.4, -0.2) is 67.1 Å². The highest BCUT2D eigenvalue weighted by molar-refractivity contribution is 5.97. The quantitative estimate of drug-likeness (QED) is 0.0879. The first-order valence-corrected chi connectivity index (χ1v) is 17.0. The summed E-state index contributed by atoms with van der Waals surface area (Å²) in [5.41, 5.74) is 9.04. The van der Waals surface area contributed by atoms with E-state index in [9.17, 15) is 27.2 Å². The number of hydrazone groups is 1. The summed E-state index contributed by atoms with van der Waals surface area (Å²) >= 11 is 0. The van der Waals surface area contributed by atoms with Crippen molar-refractivity contribution < 1.29 is 27.2 Å². The number of halogens is 4. The SMILES string of the molecule is C/C(=N\NC(N)=O)c1ccc2nnc(Cc3c(F)cc4ncccc4c3F)n2n1.CC.CC(=O)c1ccc2nnc(Cc3c(F)cc4ncccc4c3F)n2n1. The van der Waals surface area contributed by atoms with E-state index in [2.05, 4.69) is 51.1 Å². The lowest BCUT2D eigenvalue weighted by Gasteiger charge is -2.07. The highest BCUT2D eigenvalue weighted by Crippen LogP contribution is 2.26. The standard InChI is InChI=1S/C18H14F2N8O.C17H11F2N5O.C2H6/c1-9(23-26-18(21)29)13-4-5-15-24-25-16(28(15)27-13)7-11-12(19)8-14-10(17(11)20)3-2-6-22-14;1-9(25)13-4-5-15-21-22-16(24(15)23-13)7-11-12(18)8-14-10(17(11)19)3-2-6-20-14;1-2/h2-6,8H,7H2,1H3,(H3,21,26,29);2-6,8H,7H2,1H3;1-2H3/b23-9+;;. The third-order valence-electron chi connectivity index (χ3n) is 8.17. The molecular weight excluding hydrogens is 734 g/mol. The largest absolute Gasteiger partial charge is 0.350 e. The van der Waals surface area contributed by atoms with E-state index in [1.807, 2.05) is 13.8 Å². The van der Waals surface area contributed by atoms with Crippen LogP contribution in [0.1, 0.15) is 66.7 Å². The summed E-state index contributed by atoms with van der Waals surface area (Å²) in [6.07, 6.45) is 2.61. The number of nitrogens with one attached hydrogen (secondary N) is 1. The van der Waals surface area contributed by atoms with Crippen LogP contribution in [0, 0.1) is 23.3 Å². The van der Waals surface area contributed by atoms with Gasteiger partial charge < -0.3 is 5.73 Å². The van der Waals surface area contributed by atoms with Crippen molar-refractivity contribution in [2.75, 3.05) is 0 Å². The summed E-state index contributed by atoms with van der Waals surface area (Å²) in [5, 5.41) is 28.6. The van der Waals surface area contributed by atoms with Crippen LogP contribution in [0.2, 0.25) is 0 Å². The van der Waals surface area contributed by atoms with Crippen molar-refractivity contribution in [3.63, 3.8) is 0 Å². The first kappa shape index (κ1) is 38.4. The number of aromatic nitrogens is 10. The summed E-state index contributed by atoms with van der Waals surface area (Å²) in [6, 6.07) is 14.1. The van der Waals surface area contributed by atoms with Gasteiger partial charge in [0.15, 0.2) is 28.7 Å². The molecule has 0 aliphatic carbocycles. The predicted octanol–water partition coefficient (Wildman–Crippen LogP) is 5.70. The van der Waals surface area contributed by atoms with Crippen LogP contribution in [0.5, 0.6) is 0 Å². The number of nitrogens with zero attached hydrogens (tertiary/aromatic N) is 11. The van der Waals surface area contributed by atoms with Crippen molar-refractivity contribution in [1.29, 1.82) is 0 Å². The number of nitrogens with two attached hydrogens (primary N) is 1. The zero-order valence-electron chi connectivity index (χ0n) is 30.2. The predicted molar refractivity (Wildman–Crippen MR) is 197 cm³/mol. The van der Waals surface area contributed by atoms with E-state index in [0.29, 0.717) is 22.7 Å². The minimum absolute atomic E-state index is 0.148. The number of Topliss-reactive ketones (excluding diaryl/α,β-unsaturated/α-hetero) is 1. The van der Waals surface area contributed by atoms with Gasteiger partial charge in [-0.25, -0.2) is 27.8 Å². The molecule has 0 radical (unpaired) electrons. The van der Waals surface area contributed by atoms with Crippen molar-refractivity contribution in [3.05, 3.63) is 130 Å². The van der Waals surface area contributed by atoms with Crippen LogP contribution >= 0.6 is 0 Å². The fourth-order valence-electron chi connectivity index (χ4n) is 5.49. The first-order chi connectivity index (χ1) is 27.0. The maximum Gasteiger partial charge on any atom is 0.332 e. The molecule has 0 spiro atoms. The van der Waals surface area contributed by atoms with Gasteiger partial charge in [0, 0.05) is 66.2 Å². The monoisotopic (exact) mass is 765 g/mol. The number of urea groups is 1. The van der Waals surface area contributed by atoms with Crippen molar-refractivity contribution in [2.24, 2.45) is 10.8 Å². The Morgan fingerprint density at radius 2 is 1.16 bits per heavy atom. The van der Waals surface area contributed by atoms with Gasteiger partial charge in [0.1, 0.15) is 34.7 Å². The van der Waals surface area contributed by atoms with Crippen LogP contribution in [0.15, 0.2) is 78.2 Å². The summed E-state index contributed by atoms with van der Waals surface area (Å²) in [6.45, 7) is 7.00. The molecule has 0 aliphatic heterocycles. The molecule has 0 aliphatic rings. The average molecular weight is 766 g/mol. The number of hydrogen-bond acceptors (Lipinski definition) is 11. The Labute approximate surface area is 314 Å². The third kappa shape index (κ3) is 7.81. The second-order valence-electron chi connectivity index (χ2n) is 11.7. The Kier molecular flexibility index (Phi) is 11.2. The first-order valence-electron chi connectivity index (χ1n) is 17.0. The number of benzene rings is 2. The smallest absolute Gasteiger partial charge is 0.332 e. The van der Waals surface area contributed by atoms with Gasteiger partial charge in [-0.2, -0.15) is 24.3 Å². The van der Waals surface area contributed by atoms with Crippen LogP contribution in [0.3, 0.4) is 0 Å². The lowest BCUT2D eigenvalue weighted by Crippen LogP contribution is -2.25. The molecule has 0 atom stereocenters. The number of ketones is 1. The van der Waals surface area contributed by atoms with Crippen molar-refractivity contribution in [3.8, 4) is 0 Å². The number of pyridine rings is 2. The van der Waals surface area contributed by atoms with E-state index < -0.39 is 29.3 Å². The molecule has 8 rings (SSSR count). The molecule has 0 unspecified atom stereocenters. The Hall–Kier alpha value is -7.31. The molecule has 15 nitrogen and oxygen atoms in total. The van der Waals surface area contributed by atoms with Gasteiger partial charge in [-0.05, 0) is 55.5 Å². The topological polar surface area (TPSA) is 196 Å². The summed E-state index contributed by atoms with van der Waals surface area (Å²) < 4.78 is 61.2. The Balaban J connectivity index is 0.000000184. The molecule has 19 heteroatoms. The fraction of sp³-hybridized carbons (Fsp3) is 0.162. The molecule has 56 heavy (non-hydrogen) atoms. The van der Waals surface area contributed by atoms with Gasteiger partial charge in [0.05, 0.1) is 16.7 Å². The van der Waals surface area contributed by atoms with Crippen molar-refractivity contribution in [1.82, 2.24) is 55.0 Å². The lowest BCUT2D eigenvalue weighted by atomic mass is 10.1. The number of hydrogen-bond donors (Lipinski definition) is 2. The van der Waals surface area contributed by atoms with Crippen LogP contribution in [0.25, 0.3) is 33.1 Å². The molecule has 284 valence electrons. The Morgan fingerprint density at radius 3 is 1.62 bits per heavy atom. The van der Waals surface area contributed by atoms with Crippen molar-refractivity contribution >= 4 is 50.6 Å². The molecule has 6 heterocycles. The third-order valence-corrected chi connectivity index (χ3v) is 8.17. The van der Waals surface area contributed by atoms with Gasteiger partial charge in [-0.15, -0.1) is 20.4 Å². The van der Waals surface area contributed by atoms with Crippen LogP contribution in [-0.2, 0) is 12.8 Å². The van der Waals surface area contributed by atoms with E-state index in [4.69, 9.17) is 5.73 Å².